The van der Waals surface area contributed by atoms with Crippen molar-refractivity contribution in [2.75, 3.05) is 40.4 Å². The van der Waals surface area contributed by atoms with Crippen LogP contribution in [0.4, 0.5) is 0 Å². The predicted molar refractivity (Wildman–Crippen MR) is 101 cm³/mol. The minimum atomic E-state index is -3.85. The first-order valence-electron chi connectivity index (χ1n) is 8.06. The van der Waals surface area contributed by atoms with E-state index in [1.165, 1.54) is 35.0 Å². The van der Waals surface area contributed by atoms with Gasteiger partial charge in [-0.3, -0.25) is 0 Å². The highest BCUT2D eigenvalue weighted by Gasteiger charge is 2.35. The highest BCUT2D eigenvalue weighted by Crippen LogP contribution is 2.31. The molecule has 0 amide bonds. The van der Waals surface area contributed by atoms with Crippen LogP contribution in [0.5, 0.6) is 11.5 Å². The van der Waals surface area contributed by atoms with Gasteiger partial charge in [-0.15, -0.1) is 11.3 Å². The molecule has 148 valence electrons. The molecule has 0 radical (unpaired) electrons. The lowest BCUT2D eigenvalue weighted by Gasteiger charge is -2.33. The van der Waals surface area contributed by atoms with Crippen LogP contribution < -0.4 is 9.47 Å². The van der Waals surface area contributed by atoms with Gasteiger partial charge in [0.15, 0.2) is 0 Å². The zero-order valence-corrected chi connectivity index (χ0v) is 17.3. The lowest BCUT2D eigenvalue weighted by molar-refractivity contribution is 0.272. The summed E-state index contributed by atoms with van der Waals surface area (Å²) in [5.41, 5.74) is 0. The third-order valence-corrected chi connectivity index (χ3v) is 9.47. The van der Waals surface area contributed by atoms with Crippen molar-refractivity contribution >= 4 is 31.4 Å². The Labute approximate surface area is 163 Å². The Balaban J connectivity index is 1.82. The van der Waals surface area contributed by atoms with Crippen LogP contribution in [0.2, 0.25) is 0 Å². The first kappa shape index (κ1) is 20.1. The number of methoxy groups -OCH3 is 2. The molecule has 3 rings (SSSR count). The summed E-state index contributed by atoms with van der Waals surface area (Å²) >= 11 is 1.14. The Morgan fingerprint density at radius 2 is 1.52 bits per heavy atom. The number of benzene rings is 1. The molecule has 0 aliphatic carbocycles. The van der Waals surface area contributed by atoms with Crippen LogP contribution in [0.15, 0.2) is 44.8 Å². The molecule has 8 nitrogen and oxygen atoms in total. The first-order valence-corrected chi connectivity index (χ1v) is 11.8. The van der Waals surface area contributed by atoms with E-state index in [-0.39, 0.29) is 41.0 Å². The van der Waals surface area contributed by atoms with Gasteiger partial charge in [0.1, 0.15) is 20.6 Å². The summed E-state index contributed by atoms with van der Waals surface area (Å²) in [4.78, 5) is -0.00101. The Morgan fingerprint density at radius 1 is 0.889 bits per heavy atom. The van der Waals surface area contributed by atoms with Crippen LogP contribution in [0, 0.1) is 0 Å². The van der Waals surface area contributed by atoms with Crippen LogP contribution >= 0.6 is 11.3 Å². The fourth-order valence-corrected chi connectivity index (χ4v) is 6.97. The van der Waals surface area contributed by atoms with Crippen molar-refractivity contribution in [3.63, 3.8) is 0 Å². The van der Waals surface area contributed by atoms with E-state index in [1.54, 1.807) is 23.6 Å². The molecule has 0 saturated carbocycles. The third kappa shape index (κ3) is 3.83. The molecule has 1 aromatic carbocycles. The highest BCUT2D eigenvalue weighted by atomic mass is 32.2. The number of nitrogens with zero attached hydrogens (tertiary/aromatic N) is 2. The summed E-state index contributed by atoms with van der Waals surface area (Å²) in [6.07, 6.45) is 0. The molecule has 27 heavy (non-hydrogen) atoms. The van der Waals surface area contributed by atoms with Crippen molar-refractivity contribution in [2.24, 2.45) is 0 Å². The molecule has 0 unspecified atom stereocenters. The molecule has 1 fully saturated rings. The van der Waals surface area contributed by atoms with Gasteiger partial charge in [-0.25, -0.2) is 16.8 Å². The van der Waals surface area contributed by atoms with Gasteiger partial charge in [-0.05, 0) is 23.6 Å². The number of thiophene rings is 1. The average molecular weight is 433 g/mol. The van der Waals surface area contributed by atoms with Crippen LogP contribution in [-0.4, -0.2) is 65.8 Å². The quantitative estimate of drug-likeness (QED) is 0.686. The van der Waals surface area contributed by atoms with Gasteiger partial charge in [0.25, 0.3) is 10.0 Å². The predicted octanol–water partition coefficient (Wildman–Crippen LogP) is 1.46. The Hall–Kier alpha value is -1.66. The molecule has 0 N–H and O–H groups in total. The largest absolute Gasteiger partial charge is 0.497 e. The molecule has 0 bridgehead atoms. The SMILES string of the molecule is COc1ccc(OC)c(S(=O)(=O)N2CCN(S(=O)(=O)c3cccs3)CC2)c1. The second-order valence-electron chi connectivity index (χ2n) is 5.76. The molecule has 1 saturated heterocycles. The molecule has 0 atom stereocenters. The Bertz CT molecular complexity index is 995. The number of sulfonamides is 2. The molecule has 0 spiro atoms. The van der Waals surface area contributed by atoms with Crippen molar-refractivity contribution in [3.8, 4) is 11.5 Å². The number of piperazine rings is 1. The molecule has 1 aliphatic rings. The summed E-state index contributed by atoms with van der Waals surface area (Å²) in [5.74, 6) is 0.609. The lowest BCUT2D eigenvalue weighted by Crippen LogP contribution is -2.50. The van der Waals surface area contributed by atoms with E-state index in [0.717, 1.165) is 11.3 Å². The second-order valence-corrected chi connectivity index (χ2v) is 10.8. The maximum atomic E-state index is 13.0. The normalized spacial score (nSPS) is 17.0. The Kier molecular flexibility index (Phi) is 5.77. The summed E-state index contributed by atoms with van der Waals surface area (Å²) in [6, 6.07) is 7.77. The molecule has 2 aromatic rings. The fourth-order valence-electron chi connectivity index (χ4n) is 2.81. The van der Waals surface area contributed by atoms with E-state index in [4.69, 9.17) is 9.47 Å². The molecule has 2 heterocycles. The first-order chi connectivity index (χ1) is 12.8. The van der Waals surface area contributed by atoms with Gasteiger partial charge in [0.2, 0.25) is 10.0 Å². The second kappa shape index (κ2) is 7.76. The molecular formula is C16H20N2O6S3. The monoisotopic (exact) mass is 432 g/mol. The summed E-state index contributed by atoms with van der Waals surface area (Å²) in [6.45, 7) is 0.304. The number of ether oxygens (including phenoxy) is 2. The van der Waals surface area contributed by atoms with Crippen molar-refractivity contribution in [1.82, 2.24) is 8.61 Å². The minimum Gasteiger partial charge on any atom is -0.497 e. The van der Waals surface area contributed by atoms with E-state index in [9.17, 15) is 16.8 Å². The van der Waals surface area contributed by atoms with E-state index < -0.39 is 20.0 Å². The molecule has 1 aromatic heterocycles. The molecule has 11 heteroatoms. The fraction of sp³-hybridized carbons (Fsp3) is 0.375. The summed E-state index contributed by atoms with van der Waals surface area (Å²) < 4.78 is 64.4. The van der Waals surface area contributed by atoms with Crippen molar-refractivity contribution < 1.29 is 26.3 Å². The van der Waals surface area contributed by atoms with Gasteiger partial charge in [0, 0.05) is 32.2 Å². The minimum absolute atomic E-state index is 0.00101. The maximum Gasteiger partial charge on any atom is 0.252 e. The van der Waals surface area contributed by atoms with Crippen LogP contribution in [0.1, 0.15) is 0 Å². The standard InChI is InChI=1S/C16H20N2O6S3/c1-23-13-5-6-14(24-2)15(12-13)26(19,20)17-7-9-18(10-8-17)27(21,22)16-4-3-11-25-16/h3-6,11-12H,7-10H2,1-2H3. The van der Waals surface area contributed by atoms with Crippen LogP contribution in [0.3, 0.4) is 0 Å². The smallest absolute Gasteiger partial charge is 0.252 e. The number of hydrogen-bond acceptors (Lipinski definition) is 7. The van der Waals surface area contributed by atoms with Gasteiger partial charge in [-0.2, -0.15) is 8.61 Å². The van der Waals surface area contributed by atoms with Gasteiger partial charge in [0.05, 0.1) is 14.2 Å². The summed E-state index contributed by atoms with van der Waals surface area (Å²) in [5, 5.41) is 1.70. The number of hydrogen-bond donors (Lipinski definition) is 0. The molecule has 1 aliphatic heterocycles. The highest BCUT2D eigenvalue weighted by molar-refractivity contribution is 7.91. The van der Waals surface area contributed by atoms with Gasteiger partial charge < -0.3 is 9.47 Å². The maximum absolute atomic E-state index is 13.0. The topological polar surface area (TPSA) is 93.2 Å². The third-order valence-electron chi connectivity index (χ3n) is 4.28. The van der Waals surface area contributed by atoms with E-state index in [1.807, 2.05) is 0 Å². The van der Waals surface area contributed by atoms with Gasteiger partial charge >= 0.3 is 0 Å². The average Bonchev–Trinajstić information content (AvgIpc) is 3.23. The molecular weight excluding hydrogens is 412 g/mol. The zero-order chi connectivity index (χ0) is 19.7. The van der Waals surface area contributed by atoms with Crippen LogP contribution in [-0.2, 0) is 20.0 Å². The van der Waals surface area contributed by atoms with Crippen molar-refractivity contribution in [3.05, 3.63) is 35.7 Å². The lowest BCUT2D eigenvalue weighted by atomic mass is 10.3. The number of rotatable bonds is 6. The zero-order valence-electron chi connectivity index (χ0n) is 14.9. The van der Waals surface area contributed by atoms with E-state index in [0.29, 0.717) is 5.75 Å². The van der Waals surface area contributed by atoms with E-state index >= 15 is 0 Å². The summed E-state index contributed by atoms with van der Waals surface area (Å²) in [7, 11) is -4.59. The van der Waals surface area contributed by atoms with Crippen LogP contribution in [0.25, 0.3) is 0 Å². The van der Waals surface area contributed by atoms with E-state index in [2.05, 4.69) is 0 Å². The van der Waals surface area contributed by atoms with Crippen molar-refractivity contribution in [1.29, 1.82) is 0 Å². The van der Waals surface area contributed by atoms with Crippen molar-refractivity contribution in [2.45, 2.75) is 9.10 Å². The Morgan fingerprint density at radius 3 is 2.04 bits per heavy atom. The van der Waals surface area contributed by atoms with Gasteiger partial charge in [-0.1, -0.05) is 6.07 Å².